The third-order valence-electron chi connectivity index (χ3n) is 4.76. The quantitative estimate of drug-likeness (QED) is 0.410. The molecular weight excluding hydrogens is 459 g/mol. The lowest BCUT2D eigenvalue weighted by atomic mass is 10.3. The molecule has 3 rings (SSSR count). The molecule has 13 heteroatoms. The van der Waals surface area contributed by atoms with Gasteiger partial charge in [-0.1, -0.05) is 0 Å². The van der Waals surface area contributed by atoms with E-state index in [1.807, 2.05) is 0 Å². The third-order valence-corrected chi connectivity index (χ3v) is 6.66. The van der Waals surface area contributed by atoms with Crippen LogP contribution in [0.15, 0.2) is 47.4 Å². The van der Waals surface area contributed by atoms with E-state index in [0.717, 1.165) is 37.1 Å². The van der Waals surface area contributed by atoms with Crippen molar-refractivity contribution in [3.05, 3.63) is 58.4 Å². The summed E-state index contributed by atoms with van der Waals surface area (Å²) in [6.07, 6.45) is 1.44. The number of benzene rings is 2. The highest BCUT2D eigenvalue weighted by molar-refractivity contribution is 7.89. The van der Waals surface area contributed by atoms with Crippen LogP contribution in [0.5, 0.6) is 5.75 Å². The number of carbonyl (C=O) groups is 2. The van der Waals surface area contributed by atoms with Crippen LogP contribution in [0.25, 0.3) is 0 Å². The number of anilines is 1. The van der Waals surface area contributed by atoms with E-state index in [0.29, 0.717) is 18.8 Å². The second-order valence-electron chi connectivity index (χ2n) is 7.12. The average Bonchev–Trinajstić information content (AvgIpc) is 3.33. The topological polar surface area (TPSA) is 148 Å². The summed E-state index contributed by atoms with van der Waals surface area (Å²) in [5, 5.41) is 16.2. The Morgan fingerprint density at radius 1 is 1.09 bits per heavy atom. The third kappa shape index (κ3) is 6.23. The molecule has 1 heterocycles. The van der Waals surface area contributed by atoms with Crippen LogP contribution in [0.2, 0.25) is 0 Å². The smallest absolute Gasteiger partial charge is 0.312 e. The number of sulfonamides is 1. The van der Waals surface area contributed by atoms with Gasteiger partial charge in [0.25, 0.3) is 5.91 Å². The van der Waals surface area contributed by atoms with Gasteiger partial charge in [0, 0.05) is 24.8 Å². The van der Waals surface area contributed by atoms with E-state index >= 15 is 0 Å². The monoisotopic (exact) mass is 480 g/mol. The number of nitro benzene ring substituents is 1. The van der Waals surface area contributed by atoms with E-state index in [1.54, 1.807) is 0 Å². The van der Waals surface area contributed by atoms with Gasteiger partial charge in [-0.15, -0.1) is 0 Å². The highest BCUT2D eigenvalue weighted by Crippen LogP contribution is 2.31. The van der Waals surface area contributed by atoms with Gasteiger partial charge in [-0.2, -0.15) is 4.31 Å². The van der Waals surface area contributed by atoms with E-state index in [2.05, 4.69) is 10.6 Å². The second kappa shape index (κ2) is 10.4. The van der Waals surface area contributed by atoms with Crippen molar-refractivity contribution in [2.24, 2.45) is 0 Å². The molecule has 1 saturated heterocycles. The first-order valence-corrected chi connectivity index (χ1v) is 11.3. The largest absolute Gasteiger partial charge is 0.477 e. The molecule has 1 fully saturated rings. The van der Waals surface area contributed by atoms with Crippen molar-refractivity contribution >= 4 is 33.2 Å². The Kier molecular flexibility index (Phi) is 7.55. The molecule has 0 bridgehead atoms. The number of rotatable bonds is 9. The number of nitrogens with zero attached hydrogens (tertiary/aromatic N) is 2. The molecule has 0 atom stereocenters. The molecule has 2 N–H and O–H groups in total. The minimum absolute atomic E-state index is 0.231. The summed E-state index contributed by atoms with van der Waals surface area (Å²) in [7, 11) is -3.86. The van der Waals surface area contributed by atoms with Gasteiger partial charge in [-0.25, -0.2) is 12.8 Å². The summed E-state index contributed by atoms with van der Waals surface area (Å²) in [4.78, 5) is 34.2. The first-order chi connectivity index (χ1) is 15.7. The molecule has 0 saturated carbocycles. The highest BCUT2D eigenvalue weighted by atomic mass is 32.2. The number of carbonyl (C=O) groups excluding carboxylic acids is 2. The Bertz CT molecular complexity index is 1150. The van der Waals surface area contributed by atoms with Crippen LogP contribution >= 0.6 is 0 Å². The number of hydrogen-bond donors (Lipinski definition) is 2. The fourth-order valence-electron chi connectivity index (χ4n) is 3.11. The van der Waals surface area contributed by atoms with Crippen molar-refractivity contribution in [2.45, 2.75) is 17.7 Å². The summed E-state index contributed by atoms with van der Waals surface area (Å²) in [6, 6.07) is 8.24. The van der Waals surface area contributed by atoms with Crippen LogP contribution in [-0.2, 0) is 19.6 Å². The maximum atomic E-state index is 12.9. The van der Waals surface area contributed by atoms with Crippen LogP contribution in [0, 0.1) is 15.9 Å². The number of nitrogens with one attached hydrogen (secondary N) is 2. The van der Waals surface area contributed by atoms with Crippen molar-refractivity contribution in [3.8, 4) is 5.75 Å². The van der Waals surface area contributed by atoms with E-state index < -0.39 is 51.4 Å². The predicted molar refractivity (Wildman–Crippen MR) is 115 cm³/mol. The molecule has 1 aliphatic rings. The van der Waals surface area contributed by atoms with Crippen LogP contribution in [0.1, 0.15) is 12.8 Å². The summed E-state index contributed by atoms with van der Waals surface area (Å²) >= 11 is 0. The number of halogens is 1. The fourth-order valence-corrected chi connectivity index (χ4v) is 4.65. The van der Waals surface area contributed by atoms with E-state index in [-0.39, 0.29) is 10.6 Å². The molecule has 11 nitrogen and oxygen atoms in total. The minimum atomic E-state index is -3.86. The van der Waals surface area contributed by atoms with Gasteiger partial charge in [0.15, 0.2) is 12.4 Å². The molecule has 2 aromatic carbocycles. The van der Waals surface area contributed by atoms with Gasteiger partial charge in [0.1, 0.15) is 5.82 Å². The lowest BCUT2D eigenvalue weighted by Crippen LogP contribution is -2.35. The normalized spacial score (nSPS) is 14.0. The van der Waals surface area contributed by atoms with Gasteiger partial charge in [-0.05, 0) is 49.2 Å². The van der Waals surface area contributed by atoms with Crippen LogP contribution in [0.4, 0.5) is 15.8 Å². The number of hydrogen-bond acceptors (Lipinski definition) is 7. The molecule has 33 heavy (non-hydrogen) atoms. The first kappa shape index (κ1) is 24.1. The SMILES string of the molecule is O=C(COc1ccc(S(=O)(=O)N2CCCC2)cc1[N+](=O)[O-])NCC(=O)Nc1ccc(F)cc1. The van der Waals surface area contributed by atoms with Gasteiger partial charge < -0.3 is 15.4 Å². The van der Waals surface area contributed by atoms with Crippen molar-refractivity contribution in [1.82, 2.24) is 9.62 Å². The second-order valence-corrected chi connectivity index (χ2v) is 9.06. The zero-order valence-electron chi connectivity index (χ0n) is 17.3. The number of nitro groups is 1. The first-order valence-electron chi connectivity index (χ1n) is 9.90. The van der Waals surface area contributed by atoms with E-state index in [1.165, 1.54) is 22.5 Å². The molecule has 0 aliphatic carbocycles. The summed E-state index contributed by atoms with van der Waals surface area (Å²) in [5.74, 6) is -2.05. The Hall–Kier alpha value is -3.58. The Morgan fingerprint density at radius 3 is 2.39 bits per heavy atom. The lowest BCUT2D eigenvalue weighted by molar-refractivity contribution is -0.386. The van der Waals surface area contributed by atoms with Crippen LogP contribution < -0.4 is 15.4 Å². The predicted octanol–water partition coefficient (Wildman–Crippen LogP) is 1.65. The van der Waals surface area contributed by atoms with Crippen molar-refractivity contribution < 1.29 is 32.1 Å². The fraction of sp³-hybridized carbons (Fsp3) is 0.300. The molecule has 0 unspecified atom stereocenters. The zero-order chi connectivity index (χ0) is 24.0. The average molecular weight is 480 g/mol. The molecule has 176 valence electrons. The Balaban J connectivity index is 1.57. The number of ether oxygens (including phenoxy) is 1. The maximum absolute atomic E-state index is 12.9. The van der Waals surface area contributed by atoms with Crippen molar-refractivity contribution in [1.29, 1.82) is 0 Å². The van der Waals surface area contributed by atoms with Gasteiger partial charge in [-0.3, -0.25) is 19.7 Å². The highest BCUT2D eigenvalue weighted by Gasteiger charge is 2.30. The minimum Gasteiger partial charge on any atom is -0.477 e. The summed E-state index contributed by atoms with van der Waals surface area (Å²) in [6.45, 7) is -0.343. The van der Waals surface area contributed by atoms with Crippen LogP contribution in [-0.4, -0.2) is 55.7 Å². The van der Waals surface area contributed by atoms with Gasteiger partial charge >= 0.3 is 5.69 Å². The molecule has 0 radical (unpaired) electrons. The molecular formula is C20H21FN4O7S. The van der Waals surface area contributed by atoms with Crippen molar-refractivity contribution in [2.75, 3.05) is 31.6 Å². The van der Waals surface area contributed by atoms with Crippen molar-refractivity contribution in [3.63, 3.8) is 0 Å². The standard InChI is InChI=1S/C20H21FN4O7S/c21-14-3-5-15(6-4-14)23-19(26)12-22-20(27)13-32-18-8-7-16(11-17(18)25(28)29)33(30,31)24-9-1-2-10-24/h3-8,11H,1-2,9-10,12-13H2,(H,22,27)(H,23,26). The van der Waals surface area contributed by atoms with Gasteiger partial charge in [0.05, 0.1) is 16.4 Å². The molecule has 2 amide bonds. The molecule has 1 aliphatic heterocycles. The van der Waals surface area contributed by atoms with E-state index in [9.17, 15) is 32.5 Å². The zero-order valence-corrected chi connectivity index (χ0v) is 18.1. The Labute approximate surface area is 188 Å². The molecule has 0 spiro atoms. The Morgan fingerprint density at radius 2 is 1.76 bits per heavy atom. The maximum Gasteiger partial charge on any atom is 0.312 e. The molecule has 2 aromatic rings. The lowest BCUT2D eigenvalue weighted by Gasteiger charge is -2.16. The summed E-state index contributed by atoms with van der Waals surface area (Å²) in [5.41, 5.74) is -0.261. The number of amides is 2. The molecule has 0 aromatic heterocycles. The van der Waals surface area contributed by atoms with E-state index in [4.69, 9.17) is 4.74 Å². The van der Waals surface area contributed by atoms with Gasteiger partial charge in [0.2, 0.25) is 15.9 Å². The summed E-state index contributed by atoms with van der Waals surface area (Å²) < 4.78 is 44.6. The van der Waals surface area contributed by atoms with Crippen LogP contribution in [0.3, 0.4) is 0 Å².